The Bertz CT molecular complexity index is 547. The zero-order valence-corrected chi connectivity index (χ0v) is 12.5. The monoisotopic (exact) mass is 307 g/mol. The van der Waals surface area contributed by atoms with Gasteiger partial charge in [0, 0.05) is 17.3 Å². The van der Waals surface area contributed by atoms with Crippen molar-refractivity contribution >= 4 is 33.4 Å². The Kier molecular flexibility index (Phi) is 4.11. The zero-order chi connectivity index (χ0) is 13.3. The van der Waals surface area contributed by atoms with Crippen molar-refractivity contribution in [1.29, 1.82) is 0 Å². The average Bonchev–Trinajstić information content (AvgIpc) is 2.76. The standard InChI is InChI=1S/C11H14ClNO3S2/c1-8-13(5-6-17-8)18(14,15)11-7-9(12)3-4-10(11)16-2/h3-4,7-8H,5-6H2,1-2H3. The van der Waals surface area contributed by atoms with Crippen molar-refractivity contribution in [2.24, 2.45) is 0 Å². The van der Waals surface area contributed by atoms with Gasteiger partial charge in [-0.1, -0.05) is 11.6 Å². The molecule has 1 aromatic carbocycles. The van der Waals surface area contributed by atoms with Crippen LogP contribution in [0.25, 0.3) is 0 Å². The first-order valence-corrected chi connectivity index (χ1v) is 8.30. The summed E-state index contributed by atoms with van der Waals surface area (Å²) in [5.74, 6) is 1.13. The molecule has 0 radical (unpaired) electrons. The quantitative estimate of drug-likeness (QED) is 0.860. The number of halogens is 1. The highest BCUT2D eigenvalue weighted by Gasteiger charge is 2.35. The summed E-state index contributed by atoms with van der Waals surface area (Å²) in [5.41, 5.74) is 0. The third-order valence-electron chi connectivity index (χ3n) is 2.79. The number of nitrogens with zero attached hydrogens (tertiary/aromatic N) is 1. The molecule has 0 saturated carbocycles. The molecule has 0 amide bonds. The van der Waals surface area contributed by atoms with Gasteiger partial charge in [-0.05, 0) is 25.1 Å². The summed E-state index contributed by atoms with van der Waals surface area (Å²) in [4.78, 5) is 0.131. The molecule has 0 spiro atoms. The molecule has 0 bridgehead atoms. The Morgan fingerprint density at radius 2 is 2.22 bits per heavy atom. The fourth-order valence-corrected chi connectivity index (χ4v) is 5.32. The molecule has 0 N–H and O–H groups in total. The molecule has 1 fully saturated rings. The first-order chi connectivity index (χ1) is 8.46. The van der Waals surface area contributed by atoms with Gasteiger partial charge in [-0.3, -0.25) is 0 Å². The molecule has 1 heterocycles. The number of hydrogen-bond acceptors (Lipinski definition) is 4. The minimum absolute atomic E-state index is 0.0568. The molecule has 7 heteroatoms. The van der Waals surface area contributed by atoms with E-state index in [-0.39, 0.29) is 10.3 Å². The summed E-state index contributed by atoms with van der Waals surface area (Å²) < 4.78 is 31.7. The SMILES string of the molecule is COc1ccc(Cl)cc1S(=O)(=O)N1CCSC1C. The lowest BCUT2D eigenvalue weighted by Gasteiger charge is -2.21. The highest BCUT2D eigenvalue weighted by atomic mass is 35.5. The number of methoxy groups -OCH3 is 1. The predicted molar refractivity (Wildman–Crippen MR) is 73.8 cm³/mol. The Morgan fingerprint density at radius 3 is 2.78 bits per heavy atom. The Labute approximate surface area is 116 Å². The summed E-state index contributed by atoms with van der Waals surface area (Å²) >= 11 is 7.50. The van der Waals surface area contributed by atoms with E-state index in [4.69, 9.17) is 16.3 Å². The summed E-state index contributed by atoms with van der Waals surface area (Å²) in [6.07, 6.45) is 0. The average molecular weight is 308 g/mol. The fourth-order valence-electron chi connectivity index (χ4n) is 1.87. The lowest BCUT2D eigenvalue weighted by atomic mass is 10.3. The van der Waals surface area contributed by atoms with Gasteiger partial charge in [0.15, 0.2) is 0 Å². The molecule has 1 aliphatic rings. The van der Waals surface area contributed by atoms with Crippen LogP contribution in [-0.4, -0.2) is 37.5 Å². The van der Waals surface area contributed by atoms with Crippen LogP contribution in [0.15, 0.2) is 23.1 Å². The first kappa shape index (κ1) is 14.0. The van der Waals surface area contributed by atoms with Crippen molar-refractivity contribution < 1.29 is 13.2 Å². The Balaban J connectivity index is 2.49. The number of rotatable bonds is 3. The van der Waals surface area contributed by atoms with Crippen LogP contribution in [0, 0.1) is 0 Å². The maximum atomic E-state index is 12.6. The van der Waals surface area contributed by atoms with Crippen LogP contribution in [0.3, 0.4) is 0 Å². The van der Waals surface area contributed by atoms with E-state index in [1.807, 2.05) is 6.92 Å². The molecule has 0 aliphatic carbocycles. The number of thioether (sulfide) groups is 1. The topological polar surface area (TPSA) is 46.6 Å². The van der Waals surface area contributed by atoms with E-state index in [1.165, 1.54) is 17.5 Å². The fraction of sp³-hybridized carbons (Fsp3) is 0.455. The maximum absolute atomic E-state index is 12.6. The van der Waals surface area contributed by atoms with Crippen LogP contribution in [-0.2, 0) is 10.0 Å². The zero-order valence-electron chi connectivity index (χ0n) is 10.1. The molecular weight excluding hydrogens is 294 g/mol. The Morgan fingerprint density at radius 1 is 1.50 bits per heavy atom. The van der Waals surface area contributed by atoms with Crippen molar-refractivity contribution in [3.8, 4) is 5.75 Å². The molecule has 100 valence electrons. The highest BCUT2D eigenvalue weighted by molar-refractivity contribution is 8.01. The summed E-state index contributed by atoms with van der Waals surface area (Å²) in [6, 6.07) is 4.62. The molecule has 1 unspecified atom stereocenters. The Hall–Kier alpha value is -0.430. The van der Waals surface area contributed by atoms with E-state index in [9.17, 15) is 8.42 Å². The van der Waals surface area contributed by atoms with Crippen LogP contribution in [0.1, 0.15) is 6.92 Å². The summed E-state index contributed by atoms with van der Waals surface area (Å²) in [6.45, 7) is 2.40. The van der Waals surface area contributed by atoms with Crippen molar-refractivity contribution in [3.63, 3.8) is 0 Å². The van der Waals surface area contributed by atoms with E-state index in [0.29, 0.717) is 17.3 Å². The molecule has 2 rings (SSSR count). The minimum Gasteiger partial charge on any atom is -0.495 e. The van der Waals surface area contributed by atoms with Crippen molar-refractivity contribution in [3.05, 3.63) is 23.2 Å². The number of benzene rings is 1. The van der Waals surface area contributed by atoms with Crippen LogP contribution in [0.2, 0.25) is 5.02 Å². The smallest absolute Gasteiger partial charge is 0.247 e. The second-order valence-electron chi connectivity index (χ2n) is 3.88. The summed E-state index contributed by atoms with van der Waals surface area (Å²) in [5, 5.41) is 0.326. The van der Waals surface area contributed by atoms with E-state index >= 15 is 0 Å². The second-order valence-corrected chi connectivity index (χ2v) is 7.60. The molecule has 18 heavy (non-hydrogen) atoms. The number of ether oxygens (including phenoxy) is 1. The molecular formula is C11H14ClNO3S2. The molecule has 4 nitrogen and oxygen atoms in total. The number of sulfonamides is 1. The third-order valence-corrected chi connectivity index (χ3v) is 6.30. The normalized spacial score (nSPS) is 21.2. The van der Waals surface area contributed by atoms with E-state index in [0.717, 1.165) is 5.75 Å². The van der Waals surface area contributed by atoms with Gasteiger partial charge >= 0.3 is 0 Å². The van der Waals surface area contributed by atoms with Gasteiger partial charge in [0.25, 0.3) is 0 Å². The third kappa shape index (κ3) is 2.47. The van der Waals surface area contributed by atoms with Gasteiger partial charge in [-0.2, -0.15) is 4.31 Å². The maximum Gasteiger partial charge on any atom is 0.247 e. The van der Waals surface area contributed by atoms with Gasteiger partial charge in [0.05, 0.1) is 12.5 Å². The van der Waals surface area contributed by atoms with Gasteiger partial charge in [0.2, 0.25) is 10.0 Å². The largest absolute Gasteiger partial charge is 0.495 e. The van der Waals surface area contributed by atoms with Crippen LogP contribution < -0.4 is 4.74 Å². The lowest BCUT2D eigenvalue weighted by molar-refractivity contribution is 0.395. The first-order valence-electron chi connectivity index (χ1n) is 5.44. The van der Waals surface area contributed by atoms with E-state index < -0.39 is 10.0 Å². The van der Waals surface area contributed by atoms with Crippen LogP contribution in [0.4, 0.5) is 0 Å². The number of hydrogen-bond donors (Lipinski definition) is 0. The summed E-state index contributed by atoms with van der Waals surface area (Å²) in [7, 11) is -2.10. The highest BCUT2D eigenvalue weighted by Crippen LogP contribution is 2.34. The van der Waals surface area contributed by atoms with Crippen LogP contribution in [0.5, 0.6) is 5.75 Å². The van der Waals surface area contributed by atoms with E-state index in [2.05, 4.69) is 0 Å². The van der Waals surface area contributed by atoms with Crippen molar-refractivity contribution in [2.45, 2.75) is 17.2 Å². The van der Waals surface area contributed by atoms with E-state index in [1.54, 1.807) is 23.9 Å². The molecule has 0 aromatic heterocycles. The van der Waals surface area contributed by atoms with Crippen molar-refractivity contribution in [1.82, 2.24) is 4.31 Å². The predicted octanol–water partition coefficient (Wildman–Crippen LogP) is 2.43. The van der Waals surface area contributed by atoms with Gasteiger partial charge in [-0.25, -0.2) is 8.42 Å². The molecule has 1 aromatic rings. The second kappa shape index (κ2) is 5.28. The molecule has 1 aliphatic heterocycles. The molecule has 1 saturated heterocycles. The van der Waals surface area contributed by atoms with Crippen molar-refractivity contribution in [2.75, 3.05) is 19.4 Å². The van der Waals surface area contributed by atoms with Gasteiger partial charge in [0.1, 0.15) is 10.6 Å². The minimum atomic E-state index is -3.55. The lowest BCUT2D eigenvalue weighted by Crippen LogP contribution is -2.33. The van der Waals surface area contributed by atoms with Gasteiger partial charge in [-0.15, -0.1) is 11.8 Å². The van der Waals surface area contributed by atoms with Crippen LogP contribution >= 0.6 is 23.4 Å². The molecule has 1 atom stereocenters. The van der Waals surface area contributed by atoms with Gasteiger partial charge < -0.3 is 4.74 Å².